The molecule has 0 bridgehead atoms. The van der Waals surface area contributed by atoms with Gasteiger partial charge in [0.2, 0.25) is 0 Å². The van der Waals surface area contributed by atoms with Crippen LogP contribution < -0.4 is 0 Å². The second-order valence-electron chi connectivity index (χ2n) is 5.93. The fourth-order valence-electron chi connectivity index (χ4n) is 2.14. The minimum absolute atomic E-state index is 0. The first kappa shape index (κ1) is 15.4. The van der Waals surface area contributed by atoms with E-state index in [0.717, 1.165) is 17.4 Å². The molecule has 0 saturated carbocycles. The van der Waals surface area contributed by atoms with E-state index in [1.54, 1.807) is 0 Å². The van der Waals surface area contributed by atoms with Gasteiger partial charge in [-0.25, -0.2) is 0 Å². The van der Waals surface area contributed by atoms with E-state index < -0.39 is 0 Å². The number of nitrogens with zero attached hydrogens (tertiary/aromatic N) is 1. The van der Waals surface area contributed by atoms with Crippen LogP contribution in [0.25, 0.3) is 0 Å². The van der Waals surface area contributed by atoms with Crippen LogP contribution in [0.15, 0.2) is 54.6 Å². The van der Waals surface area contributed by atoms with Crippen molar-refractivity contribution in [3.63, 3.8) is 0 Å². The van der Waals surface area contributed by atoms with Gasteiger partial charge in [-0.05, 0) is 17.5 Å². The number of hydrogen-bond acceptors (Lipinski definition) is 1. The third kappa shape index (κ3) is 5.25. The third-order valence-corrected chi connectivity index (χ3v) is 2.93. The molecule has 0 heterocycles. The van der Waals surface area contributed by atoms with Crippen LogP contribution in [0.2, 0.25) is 0 Å². The van der Waals surface area contributed by atoms with Crippen LogP contribution in [0.4, 0.5) is 0 Å². The zero-order valence-electron chi connectivity index (χ0n) is 12.0. The molecule has 0 unspecified atom stereocenters. The van der Waals surface area contributed by atoms with Gasteiger partial charge in [-0.15, -0.1) is 0 Å². The molecule has 2 aromatic rings. The lowest BCUT2D eigenvalue weighted by molar-refractivity contribution is -0.884. The summed E-state index contributed by atoms with van der Waals surface area (Å²) in [5.41, 5.74) is 4.16. The highest BCUT2D eigenvalue weighted by Crippen LogP contribution is 2.12. The van der Waals surface area contributed by atoms with Gasteiger partial charge in [0.05, 0.1) is 21.1 Å². The van der Waals surface area contributed by atoms with Gasteiger partial charge < -0.3 is 9.96 Å². The van der Waals surface area contributed by atoms with Crippen LogP contribution in [0.1, 0.15) is 16.7 Å². The Labute approximate surface area is 116 Å². The fourth-order valence-corrected chi connectivity index (χ4v) is 2.14. The molecule has 0 aromatic heterocycles. The monoisotopic (exact) mass is 257 g/mol. The molecule has 0 spiro atoms. The van der Waals surface area contributed by atoms with E-state index in [2.05, 4.69) is 75.7 Å². The quantitative estimate of drug-likeness (QED) is 0.773. The Morgan fingerprint density at radius 3 is 1.68 bits per heavy atom. The van der Waals surface area contributed by atoms with E-state index in [1.807, 2.05) is 0 Å². The second kappa shape index (κ2) is 6.50. The van der Waals surface area contributed by atoms with E-state index in [9.17, 15) is 0 Å². The van der Waals surface area contributed by atoms with Crippen LogP contribution in [-0.2, 0) is 13.0 Å². The van der Waals surface area contributed by atoms with Crippen molar-refractivity contribution in [2.45, 2.75) is 13.0 Å². The number of benzene rings is 2. The molecule has 0 fully saturated rings. The molecule has 2 aromatic carbocycles. The Balaban J connectivity index is 0.00000180. The molecule has 0 atom stereocenters. The van der Waals surface area contributed by atoms with Crippen LogP contribution in [-0.4, -0.2) is 31.1 Å². The molecule has 0 amide bonds. The van der Waals surface area contributed by atoms with Crippen molar-refractivity contribution in [2.24, 2.45) is 0 Å². The molecule has 1 N–H and O–H groups in total. The summed E-state index contributed by atoms with van der Waals surface area (Å²) in [6.07, 6.45) is 1.02. The molecule has 2 heteroatoms. The fraction of sp³-hybridized carbons (Fsp3) is 0.294. The standard InChI is InChI=1S/C17H22N.H2O/c1-18(2,3)14-17-11-9-16(10-12-17)13-15-7-5-4-6-8-15;/h4-12H,13-14H2,1-3H3;1H2/q+1;/p-1. The molecule has 2 nitrogen and oxygen atoms in total. The Morgan fingerprint density at radius 1 is 0.684 bits per heavy atom. The summed E-state index contributed by atoms with van der Waals surface area (Å²) < 4.78 is 0.970. The molecule has 0 aliphatic heterocycles. The Morgan fingerprint density at radius 2 is 1.16 bits per heavy atom. The predicted octanol–water partition coefficient (Wildman–Crippen LogP) is 3.31. The molecule has 102 valence electrons. The average molecular weight is 257 g/mol. The summed E-state index contributed by atoms with van der Waals surface area (Å²) in [5.74, 6) is 0. The molecule has 0 aliphatic rings. The van der Waals surface area contributed by atoms with Gasteiger partial charge in [-0.1, -0.05) is 54.6 Å². The van der Waals surface area contributed by atoms with Gasteiger partial charge in [0.1, 0.15) is 6.54 Å². The summed E-state index contributed by atoms with van der Waals surface area (Å²) in [6, 6.07) is 19.6. The lowest BCUT2D eigenvalue weighted by atomic mass is 10.0. The van der Waals surface area contributed by atoms with E-state index >= 15 is 0 Å². The highest BCUT2D eigenvalue weighted by Gasteiger charge is 2.07. The van der Waals surface area contributed by atoms with Crippen LogP contribution in [0.3, 0.4) is 0 Å². The maximum Gasteiger partial charge on any atom is 0.104 e. The normalized spacial score (nSPS) is 10.9. The maximum atomic E-state index is 2.25. The largest absolute Gasteiger partial charge is 0.870 e. The van der Waals surface area contributed by atoms with Crippen molar-refractivity contribution in [3.05, 3.63) is 71.3 Å². The first-order valence-electron chi connectivity index (χ1n) is 6.45. The summed E-state index contributed by atoms with van der Waals surface area (Å²) in [4.78, 5) is 0. The van der Waals surface area contributed by atoms with Crippen LogP contribution >= 0.6 is 0 Å². The lowest BCUT2D eigenvalue weighted by Gasteiger charge is -2.23. The van der Waals surface area contributed by atoms with Gasteiger partial charge in [-0.2, -0.15) is 0 Å². The average Bonchev–Trinajstić information content (AvgIpc) is 2.31. The van der Waals surface area contributed by atoms with Crippen LogP contribution in [0.5, 0.6) is 0 Å². The summed E-state index contributed by atoms with van der Waals surface area (Å²) in [7, 11) is 6.66. The van der Waals surface area contributed by atoms with E-state index in [0.29, 0.717) is 0 Å². The van der Waals surface area contributed by atoms with Gasteiger partial charge in [0, 0.05) is 5.56 Å². The van der Waals surface area contributed by atoms with Crippen molar-refractivity contribution < 1.29 is 9.96 Å². The molecule has 0 radical (unpaired) electrons. The van der Waals surface area contributed by atoms with Gasteiger partial charge in [0.25, 0.3) is 0 Å². The predicted molar refractivity (Wildman–Crippen MR) is 79.4 cm³/mol. The van der Waals surface area contributed by atoms with E-state index in [1.165, 1.54) is 16.7 Å². The van der Waals surface area contributed by atoms with Crippen LogP contribution in [0, 0.1) is 0 Å². The second-order valence-corrected chi connectivity index (χ2v) is 5.93. The Kier molecular flexibility index (Phi) is 5.28. The number of quaternary nitrogens is 1. The van der Waals surface area contributed by atoms with Gasteiger partial charge in [0.15, 0.2) is 0 Å². The summed E-state index contributed by atoms with van der Waals surface area (Å²) >= 11 is 0. The van der Waals surface area contributed by atoms with E-state index in [4.69, 9.17) is 0 Å². The van der Waals surface area contributed by atoms with E-state index in [-0.39, 0.29) is 5.48 Å². The van der Waals surface area contributed by atoms with Crippen molar-refractivity contribution in [2.75, 3.05) is 21.1 Å². The van der Waals surface area contributed by atoms with Crippen molar-refractivity contribution >= 4 is 0 Å². The molecule has 0 saturated heterocycles. The van der Waals surface area contributed by atoms with Gasteiger partial charge in [-0.3, -0.25) is 0 Å². The highest BCUT2D eigenvalue weighted by molar-refractivity contribution is 5.28. The first-order chi connectivity index (χ1) is 8.53. The molecule has 19 heavy (non-hydrogen) atoms. The highest BCUT2D eigenvalue weighted by atomic mass is 16.0. The first-order valence-corrected chi connectivity index (χ1v) is 6.45. The smallest absolute Gasteiger partial charge is 0.104 e. The SMILES string of the molecule is C[N+](C)(C)Cc1ccc(Cc2ccccc2)cc1.[OH-]. The van der Waals surface area contributed by atoms with Crippen molar-refractivity contribution in [1.29, 1.82) is 0 Å². The topological polar surface area (TPSA) is 30.0 Å². The van der Waals surface area contributed by atoms with Crippen molar-refractivity contribution in [1.82, 2.24) is 0 Å². The van der Waals surface area contributed by atoms with Crippen molar-refractivity contribution in [3.8, 4) is 0 Å². The molecule has 0 aliphatic carbocycles. The zero-order valence-corrected chi connectivity index (χ0v) is 12.0. The number of hydrogen-bond donors (Lipinski definition) is 0. The zero-order chi connectivity index (χ0) is 13.0. The minimum Gasteiger partial charge on any atom is -0.870 e. The summed E-state index contributed by atoms with van der Waals surface area (Å²) in [5, 5.41) is 0. The maximum absolute atomic E-state index is 2.25. The summed E-state index contributed by atoms with van der Waals surface area (Å²) in [6.45, 7) is 1.08. The lowest BCUT2D eigenvalue weighted by Crippen LogP contribution is -2.33. The molecular formula is C17H23NO. The Hall–Kier alpha value is -1.64. The molecular weight excluding hydrogens is 234 g/mol. The van der Waals surface area contributed by atoms with Gasteiger partial charge >= 0.3 is 0 Å². The Bertz CT molecular complexity index is 483. The molecule has 2 rings (SSSR count). The number of rotatable bonds is 4. The third-order valence-electron chi connectivity index (χ3n) is 2.93. The minimum atomic E-state index is 0.